The maximum absolute atomic E-state index is 11.8. The molecule has 1 aliphatic rings. The highest BCUT2D eigenvalue weighted by molar-refractivity contribution is 5.85. The number of amides is 2. The summed E-state index contributed by atoms with van der Waals surface area (Å²) in [5.41, 5.74) is 0. The standard InChI is InChI=1S/C19H38N6O2/c1-5-7-11-21-19(22-14-18(27)24(3)4)23-16-8-12-25(13-9-16)15-17(26)20-10-6-2/h16H,5-15H2,1-4H3,(H,20,26)(H2,21,22,23). The van der Waals surface area contributed by atoms with Crippen LogP contribution in [-0.4, -0.2) is 87.0 Å². The molecule has 27 heavy (non-hydrogen) atoms. The highest BCUT2D eigenvalue weighted by Crippen LogP contribution is 2.09. The van der Waals surface area contributed by atoms with Crippen molar-refractivity contribution in [1.29, 1.82) is 0 Å². The largest absolute Gasteiger partial charge is 0.356 e. The number of unbranched alkanes of at least 4 members (excludes halogenated alkanes) is 1. The van der Waals surface area contributed by atoms with E-state index < -0.39 is 0 Å². The molecule has 1 aliphatic heterocycles. The van der Waals surface area contributed by atoms with Gasteiger partial charge in [-0.2, -0.15) is 0 Å². The summed E-state index contributed by atoms with van der Waals surface area (Å²) in [7, 11) is 3.48. The van der Waals surface area contributed by atoms with Gasteiger partial charge >= 0.3 is 0 Å². The van der Waals surface area contributed by atoms with Crippen LogP contribution in [-0.2, 0) is 9.59 Å². The van der Waals surface area contributed by atoms with Crippen LogP contribution in [0.4, 0.5) is 0 Å². The van der Waals surface area contributed by atoms with Crippen LogP contribution in [0.25, 0.3) is 0 Å². The zero-order valence-corrected chi connectivity index (χ0v) is 17.5. The number of hydrogen-bond donors (Lipinski definition) is 3. The SMILES string of the molecule is CCCCNC(=NCC(=O)N(C)C)NC1CCN(CC(=O)NCCC)CC1. The maximum Gasteiger partial charge on any atom is 0.243 e. The molecule has 0 aliphatic carbocycles. The summed E-state index contributed by atoms with van der Waals surface area (Å²) in [5, 5.41) is 9.70. The van der Waals surface area contributed by atoms with Gasteiger partial charge in [-0.1, -0.05) is 20.3 Å². The molecule has 0 radical (unpaired) electrons. The van der Waals surface area contributed by atoms with Gasteiger partial charge in [-0.3, -0.25) is 14.5 Å². The third kappa shape index (κ3) is 10.2. The molecular formula is C19H38N6O2. The summed E-state index contributed by atoms with van der Waals surface area (Å²) in [6.07, 6.45) is 5.04. The molecule has 8 heteroatoms. The van der Waals surface area contributed by atoms with Crippen molar-refractivity contribution >= 4 is 17.8 Å². The lowest BCUT2D eigenvalue weighted by molar-refractivity contribution is -0.127. The number of rotatable bonds is 10. The van der Waals surface area contributed by atoms with Crippen LogP contribution >= 0.6 is 0 Å². The van der Waals surface area contributed by atoms with Crippen molar-refractivity contribution in [3.63, 3.8) is 0 Å². The summed E-state index contributed by atoms with van der Waals surface area (Å²) < 4.78 is 0. The van der Waals surface area contributed by atoms with Gasteiger partial charge in [-0.15, -0.1) is 0 Å². The minimum Gasteiger partial charge on any atom is -0.356 e. The Kier molecular flexibility index (Phi) is 11.5. The molecule has 156 valence electrons. The van der Waals surface area contributed by atoms with Gasteiger partial charge in [-0.25, -0.2) is 4.99 Å². The summed E-state index contributed by atoms with van der Waals surface area (Å²) >= 11 is 0. The minimum atomic E-state index is -0.0143. The third-order valence-corrected chi connectivity index (χ3v) is 4.56. The van der Waals surface area contributed by atoms with Crippen LogP contribution < -0.4 is 16.0 Å². The lowest BCUT2D eigenvalue weighted by Crippen LogP contribution is -2.50. The topological polar surface area (TPSA) is 89.1 Å². The quantitative estimate of drug-likeness (QED) is 0.289. The molecule has 8 nitrogen and oxygen atoms in total. The van der Waals surface area contributed by atoms with Crippen LogP contribution in [0.15, 0.2) is 4.99 Å². The van der Waals surface area contributed by atoms with Gasteiger partial charge in [0, 0.05) is 46.3 Å². The van der Waals surface area contributed by atoms with E-state index in [9.17, 15) is 9.59 Å². The Morgan fingerprint density at radius 1 is 1.07 bits per heavy atom. The molecule has 0 spiro atoms. The van der Waals surface area contributed by atoms with Gasteiger partial charge in [0.1, 0.15) is 6.54 Å². The van der Waals surface area contributed by atoms with Gasteiger partial charge in [0.25, 0.3) is 0 Å². The van der Waals surface area contributed by atoms with Gasteiger partial charge < -0.3 is 20.9 Å². The second-order valence-corrected chi connectivity index (χ2v) is 7.28. The second-order valence-electron chi connectivity index (χ2n) is 7.28. The van der Waals surface area contributed by atoms with E-state index in [2.05, 4.69) is 39.7 Å². The Morgan fingerprint density at radius 2 is 1.78 bits per heavy atom. The molecule has 0 aromatic heterocycles. The van der Waals surface area contributed by atoms with E-state index in [-0.39, 0.29) is 18.4 Å². The first-order valence-corrected chi connectivity index (χ1v) is 10.2. The van der Waals surface area contributed by atoms with Crippen LogP contribution in [0.2, 0.25) is 0 Å². The van der Waals surface area contributed by atoms with Gasteiger partial charge in [-0.05, 0) is 25.7 Å². The summed E-state index contributed by atoms with van der Waals surface area (Å²) in [6.45, 7) is 8.17. The van der Waals surface area contributed by atoms with Crippen molar-refractivity contribution in [1.82, 2.24) is 25.8 Å². The Labute approximate surface area is 164 Å². The van der Waals surface area contributed by atoms with Crippen molar-refractivity contribution < 1.29 is 9.59 Å². The fourth-order valence-corrected chi connectivity index (χ4v) is 2.78. The number of likely N-dealkylation sites (N-methyl/N-ethyl adjacent to an activating group) is 1. The summed E-state index contributed by atoms with van der Waals surface area (Å²) in [6, 6.07) is 0.308. The Hall–Kier alpha value is -1.83. The van der Waals surface area contributed by atoms with E-state index in [1.54, 1.807) is 19.0 Å². The number of hydrogen-bond acceptors (Lipinski definition) is 4. The zero-order chi connectivity index (χ0) is 20.1. The summed E-state index contributed by atoms with van der Waals surface area (Å²) in [5.74, 6) is 0.797. The highest BCUT2D eigenvalue weighted by Gasteiger charge is 2.21. The number of aliphatic imine (C=N–C) groups is 1. The van der Waals surface area contributed by atoms with Crippen LogP contribution in [0.3, 0.4) is 0 Å². The number of likely N-dealkylation sites (tertiary alicyclic amines) is 1. The van der Waals surface area contributed by atoms with Crippen LogP contribution in [0, 0.1) is 0 Å². The lowest BCUT2D eigenvalue weighted by atomic mass is 10.1. The van der Waals surface area contributed by atoms with Crippen LogP contribution in [0.1, 0.15) is 46.0 Å². The molecule has 1 fully saturated rings. The predicted molar refractivity (Wildman–Crippen MR) is 110 cm³/mol. The second kappa shape index (κ2) is 13.4. The minimum absolute atomic E-state index is 0.0143. The average molecular weight is 383 g/mol. The molecule has 3 N–H and O–H groups in total. The first kappa shape index (κ1) is 23.2. The van der Waals surface area contributed by atoms with E-state index in [0.29, 0.717) is 18.5 Å². The molecule has 0 unspecified atom stereocenters. The monoisotopic (exact) mass is 382 g/mol. The number of guanidine groups is 1. The molecule has 1 saturated heterocycles. The Morgan fingerprint density at radius 3 is 2.37 bits per heavy atom. The van der Waals surface area contributed by atoms with E-state index in [4.69, 9.17) is 0 Å². The van der Waals surface area contributed by atoms with Crippen molar-refractivity contribution in [2.24, 2.45) is 4.99 Å². The molecule has 2 amide bonds. The maximum atomic E-state index is 11.8. The van der Waals surface area contributed by atoms with Crippen molar-refractivity contribution in [2.45, 2.75) is 52.0 Å². The molecule has 1 heterocycles. The van der Waals surface area contributed by atoms with Gasteiger partial charge in [0.05, 0.1) is 6.54 Å². The Bertz CT molecular complexity index is 473. The molecule has 0 saturated carbocycles. The molecule has 0 aromatic rings. The average Bonchev–Trinajstić information content (AvgIpc) is 2.65. The predicted octanol–water partition coefficient (Wildman–Crippen LogP) is 0.401. The van der Waals surface area contributed by atoms with Gasteiger partial charge in [0.15, 0.2) is 5.96 Å². The smallest absolute Gasteiger partial charge is 0.243 e. The van der Waals surface area contributed by atoms with E-state index in [1.807, 2.05) is 0 Å². The zero-order valence-electron chi connectivity index (χ0n) is 17.5. The number of piperidine rings is 1. The van der Waals surface area contributed by atoms with E-state index in [0.717, 1.165) is 58.3 Å². The molecule has 0 aromatic carbocycles. The molecular weight excluding hydrogens is 344 g/mol. The first-order valence-electron chi connectivity index (χ1n) is 10.2. The molecule has 0 bridgehead atoms. The first-order chi connectivity index (χ1) is 13.0. The Balaban J connectivity index is 2.45. The van der Waals surface area contributed by atoms with Crippen molar-refractivity contribution in [3.8, 4) is 0 Å². The number of carbonyl (C=O) groups is 2. The van der Waals surface area contributed by atoms with Crippen LogP contribution in [0.5, 0.6) is 0 Å². The number of nitrogens with zero attached hydrogens (tertiary/aromatic N) is 3. The van der Waals surface area contributed by atoms with Gasteiger partial charge in [0.2, 0.25) is 11.8 Å². The molecule has 0 atom stereocenters. The van der Waals surface area contributed by atoms with E-state index >= 15 is 0 Å². The van der Waals surface area contributed by atoms with E-state index in [1.165, 1.54) is 0 Å². The number of carbonyl (C=O) groups excluding carboxylic acids is 2. The van der Waals surface area contributed by atoms with Crippen molar-refractivity contribution in [3.05, 3.63) is 0 Å². The normalized spacial score (nSPS) is 16.1. The highest BCUT2D eigenvalue weighted by atomic mass is 16.2. The summed E-state index contributed by atoms with van der Waals surface area (Å²) in [4.78, 5) is 31.8. The molecule has 1 rings (SSSR count). The fraction of sp³-hybridized carbons (Fsp3) is 0.842. The fourth-order valence-electron chi connectivity index (χ4n) is 2.78. The number of nitrogens with one attached hydrogen (secondary N) is 3. The third-order valence-electron chi connectivity index (χ3n) is 4.56. The van der Waals surface area contributed by atoms with Crippen molar-refractivity contribution in [2.75, 3.05) is 53.4 Å². The lowest BCUT2D eigenvalue weighted by Gasteiger charge is -2.32.